The van der Waals surface area contributed by atoms with Gasteiger partial charge in [0.25, 0.3) is 0 Å². The Morgan fingerprint density at radius 2 is 2.15 bits per heavy atom. The number of nitrogens with zero attached hydrogens (tertiary/aromatic N) is 1. The van der Waals surface area contributed by atoms with Crippen LogP contribution in [-0.4, -0.2) is 36.4 Å². The third-order valence-corrected chi connectivity index (χ3v) is 5.66. The van der Waals surface area contributed by atoms with Crippen LogP contribution in [0.4, 0.5) is 4.39 Å². The fourth-order valence-corrected chi connectivity index (χ4v) is 4.46. The maximum absolute atomic E-state index is 13.3. The summed E-state index contributed by atoms with van der Waals surface area (Å²) < 4.78 is 39.2. The highest BCUT2D eigenvalue weighted by Crippen LogP contribution is 2.31. The maximum Gasteiger partial charge on any atom is 0.322 e. The van der Waals surface area contributed by atoms with E-state index in [0.717, 1.165) is 16.4 Å². The van der Waals surface area contributed by atoms with E-state index in [0.29, 0.717) is 6.42 Å². The van der Waals surface area contributed by atoms with Crippen LogP contribution in [-0.2, 0) is 14.8 Å². The fourth-order valence-electron chi connectivity index (χ4n) is 2.23. The number of hydrogen-bond acceptors (Lipinski definition) is 3. The number of hydrogen-bond donors (Lipinski definition) is 1. The minimum Gasteiger partial charge on any atom is -0.480 e. The van der Waals surface area contributed by atoms with Crippen molar-refractivity contribution in [3.05, 3.63) is 28.5 Å². The van der Waals surface area contributed by atoms with Crippen molar-refractivity contribution < 1.29 is 22.7 Å². The molecule has 1 aromatic rings. The molecule has 5 nitrogen and oxygen atoms in total. The SMILES string of the molecule is Cc1cc(S(=O)(=O)N2CCC[C@@H]2C(=O)O)c(Cl)cc1F. The third-order valence-electron chi connectivity index (χ3n) is 3.29. The molecule has 0 saturated carbocycles. The zero-order valence-corrected chi connectivity index (χ0v) is 12.2. The number of sulfonamides is 1. The number of aryl methyl sites for hydroxylation is 1. The van der Waals surface area contributed by atoms with Crippen LogP contribution in [0.2, 0.25) is 5.02 Å². The van der Waals surface area contributed by atoms with Gasteiger partial charge in [-0.25, -0.2) is 12.8 Å². The molecule has 110 valence electrons. The van der Waals surface area contributed by atoms with Crippen molar-refractivity contribution in [3.8, 4) is 0 Å². The highest BCUT2D eigenvalue weighted by Gasteiger charge is 2.40. The van der Waals surface area contributed by atoms with E-state index >= 15 is 0 Å². The molecule has 1 atom stereocenters. The van der Waals surface area contributed by atoms with Crippen molar-refractivity contribution in [3.63, 3.8) is 0 Å². The molecule has 0 aromatic heterocycles. The Hall–Kier alpha value is -1.18. The number of carbonyl (C=O) groups is 1. The molecule has 8 heteroatoms. The van der Waals surface area contributed by atoms with Gasteiger partial charge in [0.05, 0.1) is 5.02 Å². The van der Waals surface area contributed by atoms with Gasteiger partial charge in [-0.3, -0.25) is 4.79 Å². The number of halogens is 2. The predicted molar refractivity (Wildman–Crippen MR) is 70.7 cm³/mol. The molecule has 1 aliphatic heterocycles. The number of benzene rings is 1. The summed E-state index contributed by atoms with van der Waals surface area (Å²) in [6.45, 7) is 1.54. The van der Waals surface area contributed by atoms with Crippen LogP contribution < -0.4 is 0 Å². The van der Waals surface area contributed by atoms with Crippen LogP contribution >= 0.6 is 11.6 Å². The van der Waals surface area contributed by atoms with E-state index in [1.165, 1.54) is 6.92 Å². The average Bonchev–Trinajstić information content (AvgIpc) is 2.83. The molecular formula is C12H13ClFNO4S. The van der Waals surface area contributed by atoms with Crippen molar-refractivity contribution in [1.82, 2.24) is 4.31 Å². The predicted octanol–water partition coefficient (Wildman–Crippen LogP) is 2.03. The molecule has 0 radical (unpaired) electrons. The zero-order chi connectivity index (χ0) is 15.1. The first kappa shape index (κ1) is 15.2. The molecule has 1 fully saturated rings. The van der Waals surface area contributed by atoms with Gasteiger partial charge in [-0.15, -0.1) is 0 Å². The topological polar surface area (TPSA) is 74.7 Å². The summed E-state index contributed by atoms with van der Waals surface area (Å²) in [5.74, 6) is -1.80. The second-order valence-corrected chi connectivity index (χ2v) is 6.91. The van der Waals surface area contributed by atoms with Crippen molar-refractivity contribution in [2.45, 2.75) is 30.7 Å². The van der Waals surface area contributed by atoms with Crippen LogP contribution in [0.15, 0.2) is 17.0 Å². The smallest absolute Gasteiger partial charge is 0.322 e. The molecule has 0 aliphatic carbocycles. The van der Waals surface area contributed by atoms with Crippen LogP contribution in [0.5, 0.6) is 0 Å². The average molecular weight is 322 g/mol. The molecule has 20 heavy (non-hydrogen) atoms. The Labute approximate surface area is 121 Å². The molecule has 1 aromatic carbocycles. The summed E-state index contributed by atoms with van der Waals surface area (Å²) in [5.41, 5.74) is 0.138. The van der Waals surface area contributed by atoms with E-state index in [9.17, 15) is 17.6 Å². The van der Waals surface area contributed by atoms with E-state index in [4.69, 9.17) is 16.7 Å². The van der Waals surface area contributed by atoms with E-state index in [2.05, 4.69) is 0 Å². The van der Waals surface area contributed by atoms with Crippen molar-refractivity contribution >= 4 is 27.6 Å². The summed E-state index contributed by atoms with van der Waals surface area (Å²) in [7, 11) is -4.05. The molecule has 0 spiro atoms. The lowest BCUT2D eigenvalue weighted by atomic mass is 10.2. The number of aliphatic carboxylic acids is 1. The van der Waals surface area contributed by atoms with Gasteiger partial charge >= 0.3 is 5.97 Å². The van der Waals surface area contributed by atoms with Gasteiger partial charge < -0.3 is 5.11 Å². The van der Waals surface area contributed by atoms with Gasteiger partial charge in [0.2, 0.25) is 10.0 Å². The van der Waals surface area contributed by atoms with Crippen molar-refractivity contribution in [1.29, 1.82) is 0 Å². The first-order chi connectivity index (χ1) is 9.25. The molecule has 0 unspecified atom stereocenters. The lowest BCUT2D eigenvalue weighted by molar-refractivity contribution is -0.140. The molecule has 0 bridgehead atoms. The summed E-state index contributed by atoms with van der Waals surface area (Å²) in [5, 5.41) is 8.82. The molecule has 2 rings (SSSR count). The number of carboxylic acid groups (broad SMARTS) is 1. The van der Waals surface area contributed by atoms with Gasteiger partial charge in [0.15, 0.2) is 0 Å². The normalized spacial score (nSPS) is 20.2. The van der Waals surface area contributed by atoms with Crippen LogP contribution in [0.25, 0.3) is 0 Å². The standard InChI is InChI=1S/C12H13ClFNO4S/c1-7-5-11(8(13)6-9(7)14)20(18,19)15-4-2-3-10(15)12(16)17/h5-6,10H,2-4H2,1H3,(H,16,17)/t10-/m1/s1. The van der Waals surface area contributed by atoms with Gasteiger partial charge in [-0.1, -0.05) is 11.6 Å². The Morgan fingerprint density at radius 3 is 2.75 bits per heavy atom. The summed E-state index contributed by atoms with van der Waals surface area (Å²) in [6.07, 6.45) is 0.723. The Balaban J connectivity index is 2.50. The van der Waals surface area contributed by atoms with E-state index < -0.39 is 27.9 Å². The van der Waals surface area contributed by atoms with E-state index in [1.807, 2.05) is 0 Å². The monoisotopic (exact) mass is 321 g/mol. The highest BCUT2D eigenvalue weighted by atomic mass is 35.5. The summed E-state index contributed by atoms with van der Waals surface area (Å²) >= 11 is 5.80. The summed E-state index contributed by atoms with van der Waals surface area (Å²) in [6, 6.07) is 0.960. The first-order valence-corrected chi connectivity index (χ1v) is 7.77. The Kier molecular flexibility index (Phi) is 4.04. The Morgan fingerprint density at radius 1 is 1.50 bits per heavy atom. The van der Waals surface area contributed by atoms with E-state index in [1.54, 1.807) is 0 Å². The van der Waals surface area contributed by atoms with Crippen LogP contribution in [0.1, 0.15) is 18.4 Å². The maximum atomic E-state index is 13.3. The number of rotatable bonds is 3. The van der Waals surface area contributed by atoms with E-state index in [-0.39, 0.29) is 28.4 Å². The lowest BCUT2D eigenvalue weighted by Gasteiger charge is -2.21. The second-order valence-electron chi connectivity index (χ2n) is 4.64. The van der Waals surface area contributed by atoms with Crippen LogP contribution in [0, 0.1) is 12.7 Å². The molecule has 1 aliphatic rings. The van der Waals surface area contributed by atoms with Gasteiger partial charge in [-0.2, -0.15) is 4.31 Å². The van der Waals surface area contributed by atoms with Gasteiger partial charge in [0.1, 0.15) is 16.8 Å². The largest absolute Gasteiger partial charge is 0.480 e. The Bertz CT molecular complexity index is 662. The second kappa shape index (κ2) is 5.31. The minimum atomic E-state index is -4.05. The van der Waals surface area contributed by atoms with Gasteiger partial charge in [0, 0.05) is 6.54 Å². The lowest BCUT2D eigenvalue weighted by Crippen LogP contribution is -2.40. The third kappa shape index (κ3) is 2.53. The van der Waals surface area contributed by atoms with Crippen LogP contribution in [0.3, 0.4) is 0 Å². The fraction of sp³-hybridized carbons (Fsp3) is 0.417. The quantitative estimate of drug-likeness (QED) is 0.924. The van der Waals surface area contributed by atoms with Gasteiger partial charge in [-0.05, 0) is 37.5 Å². The molecule has 0 amide bonds. The molecule has 1 saturated heterocycles. The molecule has 1 heterocycles. The van der Waals surface area contributed by atoms with Crippen molar-refractivity contribution in [2.24, 2.45) is 0 Å². The minimum absolute atomic E-state index is 0.117. The number of carboxylic acids is 1. The molecule has 1 N–H and O–H groups in total. The molecular weight excluding hydrogens is 309 g/mol. The highest BCUT2D eigenvalue weighted by molar-refractivity contribution is 7.89. The zero-order valence-electron chi connectivity index (χ0n) is 10.6. The van der Waals surface area contributed by atoms with Crippen molar-refractivity contribution in [2.75, 3.05) is 6.54 Å². The first-order valence-electron chi connectivity index (χ1n) is 5.95. The summed E-state index contributed by atoms with van der Waals surface area (Å²) in [4.78, 5) is 10.8.